The van der Waals surface area contributed by atoms with Crippen LogP contribution in [-0.4, -0.2) is 43.1 Å². The Morgan fingerprint density at radius 1 is 1.32 bits per heavy atom. The smallest absolute Gasteiger partial charge is 0.243 e. The molecular formula is C19H20N4O4S. The zero-order valence-electron chi connectivity index (χ0n) is 15.3. The number of carbonyl (C=O) groups is 1. The highest BCUT2D eigenvalue weighted by atomic mass is 32.2. The van der Waals surface area contributed by atoms with Crippen molar-refractivity contribution in [1.29, 1.82) is 0 Å². The summed E-state index contributed by atoms with van der Waals surface area (Å²) in [6.45, 7) is 0.979. The van der Waals surface area contributed by atoms with E-state index < -0.39 is 9.84 Å². The average molecular weight is 400 g/mol. The van der Waals surface area contributed by atoms with Gasteiger partial charge in [0.25, 0.3) is 0 Å². The number of anilines is 1. The van der Waals surface area contributed by atoms with Crippen molar-refractivity contribution in [3.05, 3.63) is 48.7 Å². The molecule has 4 rings (SSSR count). The molecule has 1 unspecified atom stereocenters. The van der Waals surface area contributed by atoms with E-state index in [9.17, 15) is 13.2 Å². The third-order valence-corrected chi connectivity index (χ3v) is 5.97. The molecule has 1 N–H and O–H groups in total. The fourth-order valence-electron chi connectivity index (χ4n) is 3.48. The van der Waals surface area contributed by atoms with Crippen LogP contribution in [0.4, 0.5) is 5.82 Å². The van der Waals surface area contributed by atoms with E-state index in [4.69, 9.17) is 4.42 Å². The summed E-state index contributed by atoms with van der Waals surface area (Å²) in [7, 11) is -3.36. The topological polar surface area (TPSA) is 105 Å². The summed E-state index contributed by atoms with van der Waals surface area (Å²) in [5.74, 6) is 1.15. The maximum atomic E-state index is 12.8. The standard InChI is InChI=1S/C19H20N4O4S/c1-28(25,26)14-6-7-16-15(10-14)18(22-12-21-16)23-8-2-5-17(23)19(24)20-11-13-4-3-9-27-13/h3-4,6-7,9-10,12,17H,2,5,8,11H2,1H3,(H,20,24). The highest BCUT2D eigenvalue weighted by molar-refractivity contribution is 7.90. The van der Waals surface area contributed by atoms with Crippen LogP contribution in [0.3, 0.4) is 0 Å². The SMILES string of the molecule is CS(=O)(=O)c1ccc2ncnc(N3CCCC3C(=O)NCc3ccco3)c2c1. The van der Waals surface area contributed by atoms with Crippen LogP contribution < -0.4 is 10.2 Å². The molecule has 1 aromatic carbocycles. The number of aromatic nitrogens is 2. The molecule has 1 atom stereocenters. The fourth-order valence-corrected chi connectivity index (χ4v) is 4.13. The van der Waals surface area contributed by atoms with Gasteiger partial charge in [-0.1, -0.05) is 0 Å². The number of rotatable bonds is 5. The van der Waals surface area contributed by atoms with Gasteiger partial charge in [0.15, 0.2) is 9.84 Å². The Hall–Kier alpha value is -2.94. The first kappa shape index (κ1) is 18.4. The van der Waals surface area contributed by atoms with Crippen molar-refractivity contribution in [1.82, 2.24) is 15.3 Å². The number of furan rings is 1. The minimum Gasteiger partial charge on any atom is -0.467 e. The lowest BCUT2D eigenvalue weighted by Gasteiger charge is -2.25. The van der Waals surface area contributed by atoms with Crippen LogP contribution in [0, 0.1) is 0 Å². The van der Waals surface area contributed by atoms with Gasteiger partial charge >= 0.3 is 0 Å². The van der Waals surface area contributed by atoms with E-state index in [0.717, 1.165) is 6.42 Å². The number of amides is 1. The van der Waals surface area contributed by atoms with E-state index in [2.05, 4.69) is 15.3 Å². The first-order valence-electron chi connectivity index (χ1n) is 8.95. The Morgan fingerprint density at radius 3 is 2.93 bits per heavy atom. The fraction of sp³-hybridized carbons (Fsp3) is 0.316. The van der Waals surface area contributed by atoms with Gasteiger partial charge in [-0.25, -0.2) is 18.4 Å². The summed E-state index contributed by atoms with van der Waals surface area (Å²) in [4.78, 5) is 23.5. The molecule has 1 fully saturated rings. The van der Waals surface area contributed by atoms with Gasteiger partial charge in [0.1, 0.15) is 23.9 Å². The second-order valence-corrected chi connectivity index (χ2v) is 8.81. The molecule has 9 heteroatoms. The van der Waals surface area contributed by atoms with Crippen molar-refractivity contribution in [2.75, 3.05) is 17.7 Å². The Kier molecular flexibility index (Phi) is 4.76. The third-order valence-electron chi connectivity index (χ3n) is 4.86. The van der Waals surface area contributed by atoms with E-state index in [0.29, 0.717) is 42.0 Å². The number of nitrogens with zero attached hydrogens (tertiary/aromatic N) is 3. The molecule has 1 aliphatic heterocycles. The number of benzene rings is 1. The Morgan fingerprint density at radius 2 is 2.18 bits per heavy atom. The van der Waals surface area contributed by atoms with Crippen molar-refractivity contribution in [3.63, 3.8) is 0 Å². The maximum Gasteiger partial charge on any atom is 0.243 e. The van der Waals surface area contributed by atoms with Gasteiger partial charge in [0.05, 0.1) is 23.2 Å². The zero-order valence-corrected chi connectivity index (χ0v) is 16.1. The normalized spacial score (nSPS) is 17.2. The molecule has 1 saturated heterocycles. The Bertz CT molecular complexity index is 1110. The molecule has 0 saturated carbocycles. The molecule has 0 radical (unpaired) electrons. The maximum absolute atomic E-state index is 12.8. The summed E-state index contributed by atoms with van der Waals surface area (Å²) in [5, 5.41) is 3.52. The average Bonchev–Trinajstić information content (AvgIpc) is 3.36. The van der Waals surface area contributed by atoms with Crippen molar-refractivity contribution in [3.8, 4) is 0 Å². The van der Waals surface area contributed by atoms with Gasteiger partial charge < -0.3 is 14.6 Å². The van der Waals surface area contributed by atoms with Gasteiger partial charge in [-0.15, -0.1) is 0 Å². The second kappa shape index (κ2) is 7.23. The number of carbonyl (C=O) groups excluding carboxylic acids is 1. The quantitative estimate of drug-likeness (QED) is 0.697. The first-order chi connectivity index (χ1) is 13.4. The van der Waals surface area contributed by atoms with Gasteiger partial charge in [-0.05, 0) is 43.2 Å². The van der Waals surface area contributed by atoms with E-state index in [1.807, 2.05) is 4.90 Å². The molecule has 146 valence electrons. The van der Waals surface area contributed by atoms with Crippen molar-refractivity contribution < 1.29 is 17.6 Å². The molecule has 2 aromatic heterocycles. The van der Waals surface area contributed by atoms with Crippen LogP contribution in [0.1, 0.15) is 18.6 Å². The molecular weight excluding hydrogens is 380 g/mol. The molecule has 0 spiro atoms. The summed E-state index contributed by atoms with van der Waals surface area (Å²) in [5.41, 5.74) is 0.638. The summed E-state index contributed by atoms with van der Waals surface area (Å²) in [6.07, 6.45) is 5.71. The molecule has 1 aliphatic rings. The highest BCUT2D eigenvalue weighted by Crippen LogP contribution is 2.31. The number of nitrogens with one attached hydrogen (secondary N) is 1. The minimum atomic E-state index is -3.36. The Balaban J connectivity index is 1.65. The molecule has 0 aliphatic carbocycles. The predicted octanol–water partition coefficient (Wildman–Crippen LogP) is 1.91. The predicted molar refractivity (Wildman–Crippen MR) is 104 cm³/mol. The highest BCUT2D eigenvalue weighted by Gasteiger charge is 2.32. The van der Waals surface area contributed by atoms with E-state index in [1.54, 1.807) is 30.5 Å². The van der Waals surface area contributed by atoms with Crippen molar-refractivity contribution in [2.45, 2.75) is 30.3 Å². The largest absolute Gasteiger partial charge is 0.467 e. The van der Waals surface area contributed by atoms with E-state index in [1.165, 1.54) is 18.6 Å². The summed E-state index contributed by atoms with van der Waals surface area (Å²) >= 11 is 0. The molecule has 0 bridgehead atoms. The van der Waals surface area contributed by atoms with Crippen LogP contribution in [0.5, 0.6) is 0 Å². The Labute approximate surface area is 162 Å². The van der Waals surface area contributed by atoms with E-state index in [-0.39, 0.29) is 16.8 Å². The van der Waals surface area contributed by atoms with Crippen molar-refractivity contribution in [2.24, 2.45) is 0 Å². The van der Waals surface area contributed by atoms with Gasteiger partial charge in [-0.3, -0.25) is 4.79 Å². The number of sulfone groups is 1. The molecule has 8 nitrogen and oxygen atoms in total. The lowest BCUT2D eigenvalue weighted by Crippen LogP contribution is -2.43. The second-order valence-electron chi connectivity index (χ2n) is 6.80. The lowest BCUT2D eigenvalue weighted by molar-refractivity contribution is -0.122. The van der Waals surface area contributed by atoms with Crippen LogP contribution in [0.15, 0.2) is 52.2 Å². The molecule has 3 aromatic rings. The summed E-state index contributed by atoms with van der Waals surface area (Å²) in [6, 6.07) is 7.98. The minimum absolute atomic E-state index is 0.111. The van der Waals surface area contributed by atoms with E-state index >= 15 is 0 Å². The number of hydrogen-bond acceptors (Lipinski definition) is 7. The number of fused-ring (bicyclic) bond motifs is 1. The van der Waals surface area contributed by atoms with Crippen LogP contribution >= 0.6 is 0 Å². The van der Waals surface area contributed by atoms with Gasteiger partial charge in [-0.2, -0.15) is 0 Å². The monoisotopic (exact) mass is 400 g/mol. The molecule has 28 heavy (non-hydrogen) atoms. The summed E-state index contributed by atoms with van der Waals surface area (Å²) < 4.78 is 29.2. The van der Waals surface area contributed by atoms with Gasteiger partial charge in [0.2, 0.25) is 5.91 Å². The third kappa shape index (κ3) is 3.57. The van der Waals surface area contributed by atoms with Crippen LogP contribution in [0.2, 0.25) is 0 Å². The lowest BCUT2D eigenvalue weighted by atomic mass is 10.2. The van der Waals surface area contributed by atoms with Gasteiger partial charge in [0, 0.05) is 18.2 Å². The zero-order chi connectivity index (χ0) is 19.7. The molecule has 3 heterocycles. The first-order valence-corrected chi connectivity index (χ1v) is 10.8. The number of hydrogen-bond donors (Lipinski definition) is 1. The van der Waals surface area contributed by atoms with Crippen molar-refractivity contribution >= 4 is 32.5 Å². The van der Waals surface area contributed by atoms with Crippen LogP contribution in [-0.2, 0) is 21.2 Å². The molecule has 1 amide bonds. The van der Waals surface area contributed by atoms with Crippen LogP contribution in [0.25, 0.3) is 10.9 Å².